The van der Waals surface area contributed by atoms with Crippen molar-refractivity contribution in [3.8, 4) is 0 Å². The fourth-order valence-electron chi connectivity index (χ4n) is 3.72. The Morgan fingerprint density at radius 1 is 0.571 bits per heavy atom. The molecule has 1 aliphatic rings. The minimum absolute atomic E-state index is 0.178. The molecule has 0 bridgehead atoms. The van der Waals surface area contributed by atoms with Crippen molar-refractivity contribution in [2.24, 2.45) is 0 Å². The molecule has 0 saturated carbocycles. The zero-order valence-corrected chi connectivity index (χ0v) is 26.7. The van der Waals surface area contributed by atoms with Crippen LogP contribution in [-0.2, 0) is 20.2 Å². The first-order valence-corrected chi connectivity index (χ1v) is 16.6. The largest absolute Gasteiger partial charge is 0.744 e. The highest BCUT2D eigenvalue weighted by Crippen LogP contribution is 2.45. The van der Waals surface area contributed by atoms with Gasteiger partial charge in [-0.05, 0) is 50.2 Å². The molecule has 0 aliphatic carbocycles. The Balaban J connectivity index is 0.000000188. The molecule has 3 N–H and O–H groups in total. The zero-order chi connectivity index (χ0) is 31.2. The number of aryl methyl sites for hydroxylation is 2. The second kappa shape index (κ2) is 13.8. The average molecular weight is 630 g/mol. The lowest BCUT2D eigenvalue weighted by molar-refractivity contribution is -0.786. The molecule has 0 saturated heterocycles. The number of rotatable bonds is 4. The summed E-state index contributed by atoms with van der Waals surface area (Å²) in [7, 11) is 0.0882. The van der Waals surface area contributed by atoms with Gasteiger partial charge in [-0.25, -0.2) is 16.8 Å². The molecular weight excluding hydrogens is 595 g/mol. The number of anilines is 2. The molecule has 5 rings (SSSR count). The van der Waals surface area contributed by atoms with Crippen LogP contribution >= 0.6 is 11.8 Å². The van der Waals surface area contributed by atoms with Crippen LogP contribution in [0.2, 0.25) is 0 Å². The van der Waals surface area contributed by atoms with E-state index in [0.717, 1.165) is 11.1 Å². The van der Waals surface area contributed by atoms with Gasteiger partial charge in [0.05, 0.1) is 49.4 Å². The van der Waals surface area contributed by atoms with Crippen molar-refractivity contribution < 1.29 is 35.7 Å². The average Bonchev–Trinajstić information content (AvgIpc) is 2.91. The summed E-state index contributed by atoms with van der Waals surface area (Å²) in [5.41, 5.74) is 6.90. The van der Waals surface area contributed by atoms with Crippen LogP contribution in [0.1, 0.15) is 11.1 Å². The van der Waals surface area contributed by atoms with E-state index in [1.54, 1.807) is 24.3 Å². The van der Waals surface area contributed by atoms with Crippen molar-refractivity contribution in [2.75, 3.05) is 33.5 Å². The highest BCUT2D eigenvalue weighted by atomic mass is 32.2. The van der Waals surface area contributed by atoms with Gasteiger partial charge in [0.25, 0.3) is 0 Å². The number of fused-ring (bicyclic) bond motifs is 2. The van der Waals surface area contributed by atoms with E-state index in [-0.39, 0.29) is 9.79 Å². The first-order valence-electron chi connectivity index (χ1n) is 12.9. The third-order valence-corrected chi connectivity index (χ3v) is 9.04. The van der Waals surface area contributed by atoms with Gasteiger partial charge < -0.3 is 24.2 Å². The summed E-state index contributed by atoms with van der Waals surface area (Å²) < 4.78 is 62.3. The molecule has 0 spiro atoms. The standard InChI is InChI=1S/C16H19N3S.2C7H8O3S/c1-18(2)11-5-7-13-15(9-11)20-16-10-12(19(3)4)6-8-14(16)17-13;2*1-6-2-4-7(5-3-6)11(8,9)10/h5-10,17H,1-4H3;2*2-5H,1H3,(H,8,9,10). The van der Waals surface area contributed by atoms with Crippen molar-refractivity contribution in [1.82, 2.24) is 0 Å². The predicted molar refractivity (Wildman–Crippen MR) is 164 cm³/mol. The molecule has 0 unspecified atom stereocenters. The van der Waals surface area contributed by atoms with Crippen LogP contribution in [0, 0.1) is 13.8 Å². The Labute approximate surface area is 252 Å². The summed E-state index contributed by atoms with van der Waals surface area (Å²) in [6, 6.07) is 24.9. The topological polar surface area (TPSA) is 135 Å². The third kappa shape index (κ3) is 9.39. The van der Waals surface area contributed by atoms with E-state index in [1.165, 1.54) is 66.6 Å². The monoisotopic (exact) mass is 629 g/mol. The second-order valence-electron chi connectivity index (χ2n) is 10.2. The number of quaternary nitrogens is 2. The maximum absolute atomic E-state index is 10.4. The molecule has 4 aromatic carbocycles. The molecule has 0 radical (unpaired) electrons. The van der Waals surface area contributed by atoms with E-state index >= 15 is 0 Å². The maximum atomic E-state index is 10.4. The Morgan fingerprint density at radius 2 is 0.905 bits per heavy atom. The number of nitrogens with one attached hydrogen (secondary N) is 3. The second-order valence-corrected chi connectivity index (χ2v) is 14.0. The van der Waals surface area contributed by atoms with Crippen LogP contribution in [-0.4, -0.2) is 54.1 Å². The molecule has 0 amide bonds. The van der Waals surface area contributed by atoms with E-state index in [0.29, 0.717) is 0 Å². The molecule has 42 heavy (non-hydrogen) atoms. The fraction of sp³-hybridized carbons (Fsp3) is 0.200. The lowest BCUT2D eigenvalue weighted by atomic mass is 10.2. The van der Waals surface area contributed by atoms with Gasteiger partial charge in [0, 0.05) is 34.1 Å². The van der Waals surface area contributed by atoms with Gasteiger partial charge >= 0.3 is 0 Å². The molecule has 4 aromatic rings. The number of benzene rings is 4. The summed E-state index contributed by atoms with van der Waals surface area (Å²) in [5.74, 6) is 0. The van der Waals surface area contributed by atoms with Gasteiger partial charge in [-0.1, -0.05) is 47.2 Å². The van der Waals surface area contributed by atoms with Crippen LogP contribution in [0.4, 0.5) is 22.7 Å². The van der Waals surface area contributed by atoms with E-state index in [2.05, 4.69) is 69.9 Å². The molecule has 0 aromatic heterocycles. The molecule has 224 valence electrons. The normalized spacial score (nSPS) is 12.2. The van der Waals surface area contributed by atoms with Gasteiger partial charge in [0.15, 0.2) is 0 Å². The highest BCUT2D eigenvalue weighted by Gasteiger charge is 2.19. The van der Waals surface area contributed by atoms with E-state index in [1.807, 2.05) is 25.6 Å². The number of hydrogen-bond acceptors (Lipinski definition) is 8. The summed E-state index contributed by atoms with van der Waals surface area (Å²) in [5, 5.41) is 3.53. The highest BCUT2D eigenvalue weighted by molar-refractivity contribution is 7.99. The summed E-state index contributed by atoms with van der Waals surface area (Å²) in [6.07, 6.45) is 0. The van der Waals surface area contributed by atoms with E-state index < -0.39 is 20.2 Å². The maximum Gasteiger partial charge on any atom is 0.132 e. The Kier molecular flexibility index (Phi) is 11.0. The SMILES string of the molecule is C[NH+](C)c1ccc2c(c1)Sc1cc([NH+](C)C)ccc1N2.Cc1ccc(S(=O)(=O)[O-])cc1.Cc1ccc(S(=O)(=O)[O-])cc1. The van der Waals surface area contributed by atoms with E-state index in [4.69, 9.17) is 0 Å². The minimum Gasteiger partial charge on any atom is -0.744 e. The van der Waals surface area contributed by atoms with Crippen LogP contribution in [0.3, 0.4) is 0 Å². The Hall–Kier alpha value is -3.23. The van der Waals surface area contributed by atoms with Crippen LogP contribution < -0.4 is 15.1 Å². The van der Waals surface area contributed by atoms with Gasteiger partial charge in [0.1, 0.15) is 31.6 Å². The molecule has 0 atom stereocenters. The molecule has 0 fully saturated rings. The lowest BCUT2D eigenvalue weighted by Gasteiger charge is -2.22. The Morgan fingerprint density at radius 3 is 1.19 bits per heavy atom. The van der Waals surface area contributed by atoms with Crippen molar-refractivity contribution in [3.05, 3.63) is 96.1 Å². The predicted octanol–water partition coefficient (Wildman–Crippen LogP) is 3.25. The van der Waals surface area contributed by atoms with Crippen LogP contribution in [0.15, 0.2) is 105 Å². The fourth-order valence-corrected chi connectivity index (χ4v) is 5.72. The quantitative estimate of drug-likeness (QED) is 0.258. The molecular formula is C30H35N3O6S3. The van der Waals surface area contributed by atoms with Crippen molar-refractivity contribution in [2.45, 2.75) is 33.4 Å². The van der Waals surface area contributed by atoms with Gasteiger partial charge in [-0.2, -0.15) is 0 Å². The Bertz CT molecular complexity index is 1610. The first-order chi connectivity index (χ1) is 19.5. The van der Waals surface area contributed by atoms with Crippen molar-refractivity contribution >= 4 is 54.7 Å². The lowest BCUT2D eigenvalue weighted by Crippen LogP contribution is -3.00. The first kappa shape index (κ1) is 33.3. The van der Waals surface area contributed by atoms with Gasteiger partial charge in [-0.3, -0.25) is 0 Å². The van der Waals surface area contributed by atoms with Gasteiger partial charge in [-0.15, -0.1) is 0 Å². The van der Waals surface area contributed by atoms with Crippen LogP contribution in [0.5, 0.6) is 0 Å². The van der Waals surface area contributed by atoms with Crippen molar-refractivity contribution in [3.63, 3.8) is 0 Å². The molecule has 9 nitrogen and oxygen atoms in total. The summed E-state index contributed by atoms with van der Waals surface area (Å²) >= 11 is 1.86. The van der Waals surface area contributed by atoms with Crippen LogP contribution in [0.25, 0.3) is 0 Å². The smallest absolute Gasteiger partial charge is 0.132 e. The summed E-state index contributed by atoms with van der Waals surface area (Å²) in [6.45, 7) is 3.64. The number of hydrogen-bond donors (Lipinski definition) is 3. The molecule has 12 heteroatoms. The van der Waals surface area contributed by atoms with E-state index in [9.17, 15) is 25.9 Å². The van der Waals surface area contributed by atoms with Gasteiger partial charge in [0.2, 0.25) is 0 Å². The molecule has 1 aliphatic heterocycles. The minimum atomic E-state index is -4.27. The zero-order valence-electron chi connectivity index (χ0n) is 24.3. The molecule has 1 heterocycles. The summed E-state index contributed by atoms with van der Waals surface area (Å²) in [4.78, 5) is 4.96. The third-order valence-electron chi connectivity index (χ3n) is 6.23. The van der Waals surface area contributed by atoms with Crippen molar-refractivity contribution in [1.29, 1.82) is 0 Å².